The summed E-state index contributed by atoms with van der Waals surface area (Å²) in [5, 5.41) is 3.41. The number of ketones is 1. The van der Waals surface area contributed by atoms with Gasteiger partial charge in [-0.2, -0.15) is 0 Å². The minimum absolute atomic E-state index is 0.107. The monoisotopic (exact) mass is 446 g/mol. The van der Waals surface area contributed by atoms with Crippen molar-refractivity contribution in [2.45, 2.75) is 19.8 Å². The predicted molar refractivity (Wildman–Crippen MR) is 121 cm³/mol. The van der Waals surface area contributed by atoms with Crippen molar-refractivity contribution in [1.82, 2.24) is 4.98 Å². The van der Waals surface area contributed by atoms with Gasteiger partial charge in [0.15, 0.2) is 0 Å². The van der Waals surface area contributed by atoms with E-state index in [9.17, 15) is 18.4 Å². The Morgan fingerprint density at radius 1 is 1.03 bits per heavy atom. The molecular weight excluding hydrogens is 426 g/mol. The standard InChI is InChI=1S/C26H20F2N2O3/c1-16-10-25-22(14-24(16)30-15-31)26(8-9-29-25)33-21-6-2-17(3-7-21)11-20(32)12-18-4-5-19(27)13-23(18)28/h2-10,13-15H,11-12H2,1H3,(H,30,31). The fraction of sp³-hybridized carbons (Fsp3) is 0.115. The summed E-state index contributed by atoms with van der Waals surface area (Å²) in [6.07, 6.45) is 2.28. The summed E-state index contributed by atoms with van der Waals surface area (Å²) in [5.74, 6) is -0.441. The maximum Gasteiger partial charge on any atom is 0.211 e. The van der Waals surface area contributed by atoms with Crippen molar-refractivity contribution in [2.75, 3.05) is 5.32 Å². The molecule has 0 saturated carbocycles. The van der Waals surface area contributed by atoms with Crippen molar-refractivity contribution in [3.63, 3.8) is 0 Å². The molecule has 166 valence electrons. The summed E-state index contributed by atoms with van der Waals surface area (Å²) in [6, 6.07) is 15.6. The first-order valence-electron chi connectivity index (χ1n) is 10.2. The first kappa shape index (κ1) is 22.1. The van der Waals surface area contributed by atoms with Crippen LogP contribution in [0, 0.1) is 18.6 Å². The summed E-state index contributed by atoms with van der Waals surface area (Å²) in [6.45, 7) is 1.88. The number of aryl methyl sites for hydroxylation is 1. The SMILES string of the molecule is Cc1cc2nccc(Oc3ccc(CC(=O)Cc4ccc(F)cc4F)cc3)c2cc1NC=O. The van der Waals surface area contributed by atoms with Gasteiger partial charge in [0.1, 0.15) is 28.9 Å². The number of carbonyl (C=O) groups excluding carboxylic acids is 2. The third kappa shape index (κ3) is 5.20. The first-order chi connectivity index (χ1) is 15.9. The molecule has 0 fully saturated rings. The fourth-order valence-electron chi connectivity index (χ4n) is 3.55. The number of pyridine rings is 1. The van der Waals surface area contributed by atoms with Gasteiger partial charge in [-0.3, -0.25) is 14.6 Å². The zero-order chi connectivity index (χ0) is 23.4. The summed E-state index contributed by atoms with van der Waals surface area (Å²) < 4.78 is 32.8. The van der Waals surface area contributed by atoms with Crippen molar-refractivity contribution >= 4 is 28.8 Å². The van der Waals surface area contributed by atoms with Crippen LogP contribution < -0.4 is 10.1 Å². The molecule has 0 bridgehead atoms. The van der Waals surface area contributed by atoms with Crippen LogP contribution in [0.4, 0.5) is 14.5 Å². The average molecular weight is 446 g/mol. The van der Waals surface area contributed by atoms with Gasteiger partial charge in [0.2, 0.25) is 6.41 Å². The highest BCUT2D eigenvalue weighted by Gasteiger charge is 2.11. The summed E-state index contributed by atoms with van der Waals surface area (Å²) in [5.41, 5.74) is 3.21. The van der Waals surface area contributed by atoms with E-state index < -0.39 is 11.6 Å². The molecule has 0 aliphatic rings. The minimum Gasteiger partial charge on any atom is -0.457 e. The molecule has 1 amide bonds. The third-order valence-corrected chi connectivity index (χ3v) is 5.22. The number of nitrogens with zero attached hydrogens (tertiary/aromatic N) is 1. The fourth-order valence-corrected chi connectivity index (χ4v) is 3.55. The Hall–Kier alpha value is -4.13. The van der Waals surface area contributed by atoms with Crippen LogP contribution in [0.15, 0.2) is 66.9 Å². The number of nitrogens with one attached hydrogen (secondary N) is 1. The largest absolute Gasteiger partial charge is 0.457 e. The van der Waals surface area contributed by atoms with Gasteiger partial charge in [0, 0.05) is 36.2 Å². The molecule has 0 atom stereocenters. The normalized spacial score (nSPS) is 10.8. The second kappa shape index (κ2) is 9.56. The Bertz CT molecular complexity index is 1340. The van der Waals surface area contributed by atoms with Gasteiger partial charge in [0.25, 0.3) is 0 Å². The predicted octanol–water partition coefficient (Wildman–Crippen LogP) is 5.54. The number of fused-ring (bicyclic) bond motifs is 1. The van der Waals surface area contributed by atoms with Crippen molar-refractivity contribution in [3.8, 4) is 11.5 Å². The van der Waals surface area contributed by atoms with E-state index in [4.69, 9.17) is 4.74 Å². The molecule has 33 heavy (non-hydrogen) atoms. The van der Waals surface area contributed by atoms with E-state index in [0.717, 1.165) is 34.2 Å². The quantitative estimate of drug-likeness (QED) is 0.361. The third-order valence-electron chi connectivity index (χ3n) is 5.22. The molecule has 0 spiro atoms. The second-order valence-electron chi connectivity index (χ2n) is 7.63. The van der Waals surface area contributed by atoms with Crippen LogP contribution in [0.3, 0.4) is 0 Å². The van der Waals surface area contributed by atoms with Crippen LogP contribution in [0.25, 0.3) is 10.9 Å². The van der Waals surface area contributed by atoms with Crippen LogP contribution >= 0.6 is 0 Å². The smallest absolute Gasteiger partial charge is 0.211 e. The Kier molecular flexibility index (Phi) is 6.40. The number of hydrogen-bond acceptors (Lipinski definition) is 4. The van der Waals surface area contributed by atoms with Gasteiger partial charge < -0.3 is 10.1 Å². The molecule has 1 N–H and O–H groups in total. The maximum absolute atomic E-state index is 13.8. The zero-order valence-electron chi connectivity index (χ0n) is 17.8. The molecule has 0 aliphatic carbocycles. The highest BCUT2D eigenvalue weighted by atomic mass is 19.1. The summed E-state index contributed by atoms with van der Waals surface area (Å²) >= 11 is 0. The number of anilines is 1. The molecule has 0 aliphatic heterocycles. The lowest BCUT2D eigenvalue weighted by Crippen LogP contribution is -2.08. The van der Waals surface area contributed by atoms with Gasteiger partial charge in [-0.25, -0.2) is 8.78 Å². The second-order valence-corrected chi connectivity index (χ2v) is 7.63. The number of carbonyl (C=O) groups is 2. The lowest BCUT2D eigenvalue weighted by Gasteiger charge is -2.12. The molecule has 1 heterocycles. The van der Waals surface area contributed by atoms with Crippen molar-refractivity contribution in [1.29, 1.82) is 0 Å². The summed E-state index contributed by atoms with van der Waals surface area (Å²) in [7, 11) is 0. The number of rotatable bonds is 8. The van der Waals surface area contributed by atoms with Crippen LogP contribution in [0.1, 0.15) is 16.7 Å². The van der Waals surface area contributed by atoms with Gasteiger partial charge in [0.05, 0.1) is 5.52 Å². The Balaban J connectivity index is 1.47. The van der Waals surface area contributed by atoms with Crippen molar-refractivity contribution in [3.05, 3.63) is 95.2 Å². The highest BCUT2D eigenvalue weighted by molar-refractivity contribution is 5.91. The molecule has 5 nitrogen and oxygen atoms in total. The van der Waals surface area contributed by atoms with Crippen LogP contribution in [0.5, 0.6) is 11.5 Å². The van der Waals surface area contributed by atoms with Gasteiger partial charge in [-0.15, -0.1) is 0 Å². The molecular formula is C26H20F2N2O3. The van der Waals surface area contributed by atoms with Crippen LogP contribution in [0.2, 0.25) is 0 Å². The highest BCUT2D eigenvalue weighted by Crippen LogP contribution is 2.32. The summed E-state index contributed by atoms with van der Waals surface area (Å²) in [4.78, 5) is 27.5. The molecule has 3 aromatic carbocycles. The van der Waals surface area contributed by atoms with E-state index in [2.05, 4.69) is 10.3 Å². The maximum atomic E-state index is 13.8. The van der Waals surface area contributed by atoms with Crippen molar-refractivity contribution < 1.29 is 23.1 Å². The van der Waals surface area contributed by atoms with Gasteiger partial charge in [-0.1, -0.05) is 18.2 Å². The lowest BCUT2D eigenvalue weighted by molar-refractivity contribution is -0.117. The number of benzene rings is 3. The number of amides is 1. The van der Waals surface area contributed by atoms with E-state index >= 15 is 0 Å². The Labute approximate surface area is 189 Å². The van der Waals surface area contributed by atoms with Gasteiger partial charge in [-0.05, 0) is 60.0 Å². The van der Waals surface area contributed by atoms with E-state index in [1.807, 2.05) is 19.1 Å². The van der Waals surface area contributed by atoms with E-state index in [-0.39, 0.29) is 24.2 Å². The van der Waals surface area contributed by atoms with E-state index in [1.165, 1.54) is 6.07 Å². The number of halogens is 2. The van der Waals surface area contributed by atoms with E-state index in [1.54, 1.807) is 36.5 Å². The average Bonchev–Trinajstić information content (AvgIpc) is 2.78. The van der Waals surface area contributed by atoms with Crippen molar-refractivity contribution in [2.24, 2.45) is 0 Å². The number of Topliss-reactive ketones (excluding diaryl/α,β-unsaturated/α-hetero) is 1. The first-order valence-corrected chi connectivity index (χ1v) is 10.2. The van der Waals surface area contributed by atoms with Crippen LogP contribution in [-0.4, -0.2) is 17.2 Å². The zero-order valence-corrected chi connectivity index (χ0v) is 17.8. The topological polar surface area (TPSA) is 68.3 Å². The number of aromatic nitrogens is 1. The Morgan fingerprint density at radius 3 is 2.55 bits per heavy atom. The lowest BCUT2D eigenvalue weighted by atomic mass is 10.0. The molecule has 4 aromatic rings. The molecule has 0 saturated heterocycles. The van der Waals surface area contributed by atoms with E-state index in [0.29, 0.717) is 23.6 Å². The molecule has 7 heteroatoms. The van der Waals surface area contributed by atoms with Crippen LogP contribution in [-0.2, 0) is 22.4 Å². The minimum atomic E-state index is -0.724. The Morgan fingerprint density at radius 2 is 1.82 bits per heavy atom. The number of ether oxygens (including phenoxy) is 1. The molecule has 0 unspecified atom stereocenters. The molecule has 1 aromatic heterocycles. The molecule has 4 rings (SSSR count). The van der Waals surface area contributed by atoms with Gasteiger partial charge >= 0.3 is 0 Å². The number of hydrogen-bond donors (Lipinski definition) is 1. The molecule has 0 radical (unpaired) electrons.